The van der Waals surface area contributed by atoms with Crippen LogP contribution in [0.25, 0.3) is 0 Å². The number of ether oxygens (including phenoxy) is 5. The van der Waals surface area contributed by atoms with Crippen LogP contribution in [0, 0.1) is 0 Å². The number of phenols is 1. The summed E-state index contributed by atoms with van der Waals surface area (Å²) in [7, 11) is 2.93. The van der Waals surface area contributed by atoms with Crippen LogP contribution in [0.4, 0.5) is 0 Å². The maximum Gasteiger partial charge on any atom is 0.335 e. The number of carboxylic acid groups (broad SMARTS) is 1. The molecule has 184 valence electrons. The molecule has 11 nitrogen and oxygen atoms in total. The van der Waals surface area contributed by atoms with Crippen molar-refractivity contribution in [1.29, 1.82) is 0 Å². The predicted molar refractivity (Wildman–Crippen MR) is 115 cm³/mol. The van der Waals surface area contributed by atoms with Crippen molar-refractivity contribution < 1.29 is 54.0 Å². The number of aliphatic hydroxyl groups excluding tert-OH is 3. The standard InChI is InChI=1S/C23H26O11/c1-30-14-6-5-13(16(24)20(14)31-2)11-7-10-3-4-12(8-15(10)32-9-11)33-23-19(27)17(25)18(26)21(34-23)22(28)29/h3-6,8,11,17-19,21,23-27H,7,9H2,1-2H3,(H,28,29)/t11?,17-,18-,19+,21-,23+/m0/s1. The van der Waals surface area contributed by atoms with E-state index in [0.717, 1.165) is 5.56 Å². The number of carbonyl (C=O) groups is 1. The molecule has 34 heavy (non-hydrogen) atoms. The number of hydrogen-bond acceptors (Lipinski definition) is 10. The minimum absolute atomic E-state index is 0.0176. The second kappa shape index (κ2) is 9.55. The Labute approximate surface area is 194 Å². The Morgan fingerprint density at radius 3 is 2.47 bits per heavy atom. The number of hydrogen-bond donors (Lipinski definition) is 5. The molecule has 0 bridgehead atoms. The van der Waals surface area contributed by atoms with Crippen molar-refractivity contribution in [1.82, 2.24) is 0 Å². The molecular formula is C23H26O11. The molecule has 0 saturated carbocycles. The molecule has 11 heteroatoms. The first-order valence-electron chi connectivity index (χ1n) is 10.5. The van der Waals surface area contributed by atoms with E-state index >= 15 is 0 Å². The van der Waals surface area contributed by atoms with Gasteiger partial charge in [0.05, 0.1) is 20.8 Å². The van der Waals surface area contributed by atoms with Crippen LogP contribution in [0.2, 0.25) is 0 Å². The number of aliphatic hydroxyl groups is 3. The van der Waals surface area contributed by atoms with Gasteiger partial charge in [-0.25, -0.2) is 4.79 Å². The van der Waals surface area contributed by atoms with E-state index in [1.807, 2.05) is 0 Å². The number of benzene rings is 2. The molecule has 1 unspecified atom stereocenters. The van der Waals surface area contributed by atoms with Gasteiger partial charge in [-0.05, 0) is 24.1 Å². The zero-order valence-corrected chi connectivity index (χ0v) is 18.5. The highest BCUT2D eigenvalue weighted by Crippen LogP contribution is 2.44. The van der Waals surface area contributed by atoms with E-state index in [4.69, 9.17) is 28.8 Å². The molecule has 1 fully saturated rings. The number of methoxy groups -OCH3 is 2. The summed E-state index contributed by atoms with van der Waals surface area (Å²) in [6.45, 7) is 0.258. The SMILES string of the molecule is COc1ccc(C2COc3cc(O[C@@H]4O[C@H](C(=O)O)[C@@H](O)[C@H](O)[C@H]4O)ccc3C2)c(O)c1OC. The number of rotatable bonds is 6. The van der Waals surface area contributed by atoms with Gasteiger partial charge in [-0.1, -0.05) is 12.1 Å². The number of aromatic hydroxyl groups is 1. The molecule has 0 radical (unpaired) electrons. The smallest absolute Gasteiger partial charge is 0.335 e. The Bertz CT molecular complexity index is 1060. The van der Waals surface area contributed by atoms with Crippen molar-refractivity contribution in [3.8, 4) is 28.7 Å². The van der Waals surface area contributed by atoms with Crippen LogP contribution in [-0.4, -0.2) is 83.0 Å². The lowest BCUT2D eigenvalue weighted by atomic mass is 9.89. The first-order chi connectivity index (χ1) is 16.2. The summed E-state index contributed by atoms with van der Waals surface area (Å²) >= 11 is 0. The lowest BCUT2D eigenvalue weighted by molar-refractivity contribution is -0.271. The van der Waals surface area contributed by atoms with Crippen LogP contribution in [0.1, 0.15) is 17.0 Å². The molecule has 2 heterocycles. The highest BCUT2D eigenvalue weighted by molar-refractivity contribution is 5.73. The van der Waals surface area contributed by atoms with Crippen LogP contribution in [-0.2, 0) is 16.0 Å². The van der Waals surface area contributed by atoms with Crippen molar-refractivity contribution in [2.24, 2.45) is 0 Å². The molecular weight excluding hydrogens is 452 g/mol. The molecule has 2 aromatic rings. The fraction of sp³-hybridized carbons (Fsp3) is 0.435. The van der Waals surface area contributed by atoms with E-state index in [9.17, 15) is 25.2 Å². The van der Waals surface area contributed by atoms with Crippen molar-refractivity contribution in [3.63, 3.8) is 0 Å². The Hall–Kier alpha value is -3.25. The van der Waals surface area contributed by atoms with Crippen LogP contribution < -0.4 is 18.9 Å². The number of fused-ring (bicyclic) bond motifs is 1. The lowest BCUT2D eigenvalue weighted by Crippen LogP contribution is -2.61. The Kier molecular flexibility index (Phi) is 6.71. The van der Waals surface area contributed by atoms with Gasteiger partial charge in [0.25, 0.3) is 0 Å². The maximum absolute atomic E-state index is 11.3. The fourth-order valence-corrected chi connectivity index (χ4v) is 4.16. The highest BCUT2D eigenvalue weighted by atomic mass is 16.7. The molecule has 0 aliphatic carbocycles. The topological polar surface area (TPSA) is 164 Å². The van der Waals surface area contributed by atoms with Gasteiger partial charge in [-0.2, -0.15) is 0 Å². The zero-order chi connectivity index (χ0) is 24.6. The molecule has 0 amide bonds. The van der Waals surface area contributed by atoms with E-state index in [1.54, 1.807) is 30.3 Å². The molecule has 1 saturated heterocycles. The van der Waals surface area contributed by atoms with E-state index in [1.165, 1.54) is 14.2 Å². The summed E-state index contributed by atoms with van der Waals surface area (Å²) in [5, 5.41) is 49.7. The van der Waals surface area contributed by atoms with Gasteiger partial charge < -0.3 is 49.2 Å². The van der Waals surface area contributed by atoms with E-state index in [0.29, 0.717) is 23.5 Å². The van der Waals surface area contributed by atoms with Gasteiger partial charge in [-0.3, -0.25) is 0 Å². The molecule has 2 aliphatic heterocycles. The van der Waals surface area contributed by atoms with Gasteiger partial charge in [0.2, 0.25) is 12.0 Å². The van der Waals surface area contributed by atoms with E-state index in [-0.39, 0.29) is 29.8 Å². The summed E-state index contributed by atoms with van der Waals surface area (Å²) in [4.78, 5) is 11.3. The Morgan fingerprint density at radius 2 is 1.79 bits per heavy atom. The average molecular weight is 478 g/mol. The second-order valence-corrected chi connectivity index (χ2v) is 8.07. The number of carboxylic acids is 1. The van der Waals surface area contributed by atoms with Crippen molar-refractivity contribution in [3.05, 3.63) is 41.5 Å². The number of phenolic OH excluding ortho intramolecular Hbond substituents is 1. The summed E-state index contributed by atoms with van der Waals surface area (Å²) < 4.78 is 27.1. The minimum Gasteiger partial charge on any atom is -0.504 e. The molecule has 2 aliphatic rings. The van der Waals surface area contributed by atoms with Gasteiger partial charge >= 0.3 is 5.97 Å². The summed E-state index contributed by atoms with van der Waals surface area (Å²) in [6, 6.07) is 8.36. The van der Waals surface area contributed by atoms with Crippen molar-refractivity contribution >= 4 is 5.97 Å². The second-order valence-electron chi connectivity index (χ2n) is 8.07. The lowest BCUT2D eigenvalue weighted by Gasteiger charge is -2.38. The van der Waals surface area contributed by atoms with E-state index in [2.05, 4.69) is 0 Å². The van der Waals surface area contributed by atoms with Crippen LogP contribution >= 0.6 is 0 Å². The monoisotopic (exact) mass is 478 g/mol. The third-order valence-electron chi connectivity index (χ3n) is 6.00. The first-order valence-corrected chi connectivity index (χ1v) is 10.5. The van der Waals surface area contributed by atoms with Gasteiger partial charge in [-0.15, -0.1) is 0 Å². The van der Waals surface area contributed by atoms with Crippen LogP contribution in [0.5, 0.6) is 28.7 Å². The zero-order valence-electron chi connectivity index (χ0n) is 18.5. The Balaban J connectivity index is 1.50. The minimum atomic E-state index is -1.80. The maximum atomic E-state index is 11.3. The summed E-state index contributed by atoms with van der Waals surface area (Å²) in [5.41, 5.74) is 1.48. The molecule has 6 atom stereocenters. The summed E-state index contributed by atoms with van der Waals surface area (Å²) in [5.74, 6) is -0.292. The molecule has 4 rings (SSSR count). The summed E-state index contributed by atoms with van der Waals surface area (Å²) in [6.07, 6.45) is -7.95. The quantitative estimate of drug-likeness (QED) is 0.390. The molecule has 0 aromatic heterocycles. The third-order valence-corrected chi connectivity index (χ3v) is 6.00. The third kappa shape index (κ3) is 4.30. The molecule has 0 spiro atoms. The number of aliphatic carboxylic acids is 1. The van der Waals surface area contributed by atoms with Gasteiger partial charge in [0.15, 0.2) is 17.6 Å². The highest BCUT2D eigenvalue weighted by Gasteiger charge is 2.48. The van der Waals surface area contributed by atoms with Crippen molar-refractivity contribution in [2.45, 2.75) is 43.0 Å². The normalized spacial score (nSPS) is 28.4. The first kappa shape index (κ1) is 23.9. The molecule has 2 aromatic carbocycles. The fourth-order valence-electron chi connectivity index (χ4n) is 4.16. The van der Waals surface area contributed by atoms with Gasteiger partial charge in [0, 0.05) is 17.5 Å². The largest absolute Gasteiger partial charge is 0.504 e. The molecule has 5 N–H and O–H groups in total. The van der Waals surface area contributed by atoms with Crippen LogP contribution in [0.15, 0.2) is 30.3 Å². The van der Waals surface area contributed by atoms with Gasteiger partial charge in [0.1, 0.15) is 29.8 Å². The van der Waals surface area contributed by atoms with Crippen molar-refractivity contribution in [2.75, 3.05) is 20.8 Å². The average Bonchev–Trinajstić information content (AvgIpc) is 2.83. The van der Waals surface area contributed by atoms with Crippen LogP contribution in [0.3, 0.4) is 0 Å². The van der Waals surface area contributed by atoms with E-state index < -0.39 is 36.7 Å². The Morgan fingerprint density at radius 1 is 1.03 bits per heavy atom. The predicted octanol–water partition coefficient (Wildman–Crippen LogP) is 0.399.